The topological polar surface area (TPSA) is 15.3 Å². The van der Waals surface area contributed by atoms with Crippen LogP contribution in [0.5, 0.6) is 0 Å². The molecule has 17 heavy (non-hydrogen) atoms. The highest BCUT2D eigenvalue weighted by atomic mass is 15.1. The van der Waals surface area contributed by atoms with Crippen molar-refractivity contribution in [2.45, 2.75) is 32.7 Å². The molecular weight excluding hydrogens is 208 g/mol. The van der Waals surface area contributed by atoms with Crippen molar-refractivity contribution in [2.75, 3.05) is 25.0 Å². The average Bonchev–Trinajstić information content (AvgIpc) is 2.33. The highest BCUT2D eigenvalue weighted by molar-refractivity contribution is 5.46. The first kappa shape index (κ1) is 12.4. The Morgan fingerprint density at radius 1 is 1.29 bits per heavy atom. The highest BCUT2D eigenvalue weighted by Gasteiger charge is 2.21. The maximum absolute atomic E-state index is 3.64. The summed E-state index contributed by atoms with van der Waals surface area (Å²) in [4.78, 5) is 2.36. The van der Waals surface area contributed by atoms with Crippen LogP contribution in [-0.2, 0) is 0 Å². The minimum absolute atomic E-state index is 0.634. The van der Waals surface area contributed by atoms with Crippen LogP contribution in [0.1, 0.15) is 25.3 Å². The molecular formula is C15H24N2. The first-order chi connectivity index (χ1) is 8.16. The molecule has 1 aromatic rings. The number of nitrogens with one attached hydrogen (secondary N) is 1. The molecule has 1 saturated heterocycles. The molecule has 0 amide bonds. The van der Waals surface area contributed by atoms with E-state index in [9.17, 15) is 0 Å². The summed E-state index contributed by atoms with van der Waals surface area (Å²) in [6.07, 6.45) is 2.69. The van der Waals surface area contributed by atoms with Crippen molar-refractivity contribution in [1.29, 1.82) is 0 Å². The number of nitrogens with zero attached hydrogens (tertiary/aromatic N) is 1. The van der Waals surface area contributed by atoms with E-state index in [1.54, 1.807) is 0 Å². The zero-order valence-corrected chi connectivity index (χ0v) is 11.2. The summed E-state index contributed by atoms with van der Waals surface area (Å²) in [5.41, 5.74) is 2.64. The smallest absolute Gasteiger partial charge is 0.0364 e. The Balaban J connectivity index is 1.95. The number of aryl methyl sites for hydroxylation is 1. The third kappa shape index (κ3) is 3.22. The number of likely N-dealkylation sites (N-methyl/N-ethyl adjacent to an activating group) is 1. The van der Waals surface area contributed by atoms with E-state index in [1.807, 2.05) is 0 Å². The van der Waals surface area contributed by atoms with Crippen molar-refractivity contribution in [3.05, 3.63) is 29.8 Å². The summed E-state index contributed by atoms with van der Waals surface area (Å²) in [6, 6.07) is 9.42. The minimum atomic E-state index is 0.634. The van der Waals surface area contributed by atoms with Gasteiger partial charge in [-0.2, -0.15) is 0 Å². The van der Waals surface area contributed by atoms with Crippen LogP contribution in [-0.4, -0.2) is 26.2 Å². The summed E-state index contributed by atoms with van der Waals surface area (Å²) in [7, 11) is 2.19. The van der Waals surface area contributed by atoms with Gasteiger partial charge in [0.2, 0.25) is 0 Å². The number of hydrogen-bond acceptors (Lipinski definition) is 2. The van der Waals surface area contributed by atoms with Gasteiger partial charge >= 0.3 is 0 Å². The van der Waals surface area contributed by atoms with Gasteiger partial charge in [-0.05, 0) is 44.4 Å². The molecule has 2 unspecified atom stereocenters. The molecule has 0 aromatic heterocycles. The van der Waals surface area contributed by atoms with E-state index in [2.05, 4.69) is 55.4 Å². The van der Waals surface area contributed by atoms with Gasteiger partial charge in [0.1, 0.15) is 0 Å². The molecule has 2 rings (SSSR count). The Bertz CT molecular complexity index is 344. The molecule has 0 saturated carbocycles. The Morgan fingerprint density at radius 3 is 2.65 bits per heavy atom. The van der Waals surface area contributed by atoms with Crippen molar-refractivity contribution in [3.63, 3.8) is 0 Å². The molecule has 2 nitrogen and oxygen atoms in total. The number of benzene rings is 1. The molecule has 2 heteroatoms. The summed E-state index contributed by atoms with van der Waals surface area (Å²) < 4.78 is 0. The number of hydrogen-bond donors (Lipinski definition) is 1. The zero-order valence-electron chi connectivity index (χ0n) is 11.2. The normalized spacial score (nSPS) is 24.6. The molecule has 94 valence electrons. The van der Waals surface area contributed by atoms with Gasteiger partial charge in [-0.3, -0.25) is 0 Å². The number of rotatable bonds is 3. The fourth-order valence-corrected chi connectivity index (χ4v) is 2.56. The standard InChI is InChI=1S/C15H24N2/c1-12-6-8-14(9-7-12)17(3)11-15-13(2)5-4-10-16-15/h6-9,13,15-16H,4-5,10-11H2,1-3H3. The fourth-order valence-electron chi connectivity index (χ4n) is 2.56. The molecule has 2 atom stereocenters. The van der Waals surface area contributed by atoms with Crippen LogP contribution >= 0.6 is 0 Å². The molecule has 1 aliphatic rings. The van der Waals surface area contributed by atoms with E-state index in [0.29, 0.717) is 6.04 Å². The zero-order chi connectivity index (χ0) is 12.3. The second kappa shape index (κ2) is 5.54. The van der Waals surface area contributed by atoms with E-state index in [0.717, 1.165) is 12.5 Å². The lowest BCUT2D eigenvalue weighted by Crippen LogP contribution is -2.47. The lowest BCUT2D eigenvalue weighted by molar-refractivity contribution is 0.303. The van der Waals surface area contributed by atoms with Gasteiger partial charge in [0.05, 0.1) is 0 Å². The van der Waals surface area contributed by atoms with Crippen LogP contribution < -0.4 is 10.2 Å². The first-order valence-electron chi connectivity index (χ1n) is 6.68. The monoisotopic (exact) mass is 232 g/mol. The van der Waals surface area contributed by atoms with Crippen molar-refractivity contribution >= 4 is 5.69 Å². The van der Waals surface area contributed by atoms with Crippen LogP contribution in [0.15, 0.2) is 24.3 Å². The SMILES string of the molecule is Cc1ccc(N(C)CC2NCCCC2C)cc1. The van der Waals surface area contributed by atoms with Crippen LogP contribution in [0, 0.1) is 12.8 Å². The number of piperidine rings is 1. The van der Waals surface area contributed by atoms with Crippen molar-refractivity contribution in [2.24, 2.45) is 5.92 Å². The average molecular weight is 232 g/mol. The van der Waals surface area contributed by atoms with Gasteiger partial charge in [0, 0.05) is 25.3 Å². The predicted molar refractivity (Wildman–Crippen MR) is 74.6 cm³/mol. The molecule has 1 heterocycles. The molecule has 0 radical (unpaired) electrons. The Kier molecular flexibility index (Phi) is 4.06. The van der Waals surface area contributed by atoms with Gasteiger partial charge in [-0.1, -0.05) is 24.6 Å². The molecule has 1 aliphatic heterocycles. The molecule has 1 aromatic carbocycles. The number of anilines is 1. The Morgan fingerprint density at radius 2 is 2.00 bits per heavy atom. The Labute approximate surface area is 105 Å². The van der Waals surface area contributed by atoms with Crippen molar-refractivity contribution < 1.29 is 0 Å². The van der Waals surface area contributed by atoms with Gasteiger partial charge in [-0.25, -0.2) is 0 Å². The molecule has 1 fully saturated rings. The molecule has 0 spiro atoms. The summed E-state index contributed by atoms with van der Waals surface area (Å²) >= 11 is 0. The van der Waals surface area contributed by atoms with E-state index in [-0.39, 0.29) is 0 Å². The summed E-state index contributed by atoms with van der Waals surface area (Å²) in [5, 5.41) is 3.64. The maximum Gasteiger partial charge on any atom is 0.0364 e. The van der Waals surface area contributed by atoms with E-state index >= 15 is 0 Å². The van der Waals surface area contributed by atoms with Crippen molar-refractivity contribution in [1.82, 2.24) is 5.32 Å². The maximum atomic E-state index is 3.64. The predicted octanol–water partition coefficient (Wildman–Crippen LogP) is 2.82. The molecule has 1 N–H and O–H groups in total. The highest BCUT2D eigenvalue weighted by Crippen LogP contribution is 2.19. The van der Waals surface area contributed by atoms with Gasteiger partial charge in [-0.15, -0.1) is 0 Å². The third-order valence-corrected chi connectivity index (χ3v) is 3.87. The van der Waals surface area contributed by atoms with E-state index in [4.69, 9.17) is 0 Å². The first-order valence-corrected chi connectivity index (χ1v) is 6.68. The molecule has 0 aliphatic carbocycles. The largest absolute Gasteiger partial charge is 0.373 e. The Hall–Kier alpha value is -1.02. The van der Waals surface area contributed by atoms with Gasteiger partial charge < -0.3 is 10.2 Å². The quantitative estimate of drug-likeness (QED) is 0.862. The summed E-state index contributed by atoms with van der Waals surface area (Å²) in [5.74, 6) is 0.789. The summed E-state index contributed by atoms with van der Waals surface area (Å²) in [6.45, 7) is 6.77. The second-order valence-electron chi connectivity index (χ2n) is 5.40. The van der Waals surface area contributed by atoms with E-state index < -0.39 is 0 Å². The lowest BCUT2D eigenvalue weighted by Gasteiger charge is -2.34. The fraction of sp³-hybridized carbons (Fsp3) is 0.600. The lowest BCUT2D eigenvalue weighted by atomic mass is 9.92. The van der Waals surface area contributed by atoms with Crippen LogP contribution in [0.3, 0.4) is 0 Å². The molecule has 0 bridgehead atoms. The van der Waals surface area contributed by atoms with Crippen molar-refractivity contribution in [3.8, 4) is 0 Å². The van der Waals surface area contributed by atoms with Gasteiger partial charge in [0.15, 0.2) is 0 Å². The second-order valence-corrected chi connectivity index (χ2v) is 5.40. The van der Waals surface area contributed by atoms with Crippen LogP contribution in [0.2, 0.25) is 0 Å². The third-order valence-electron chi connectivity index (χ3n) is 3.87. The van der Waals surface area contributed by atoms with Gasteiger partial charge in [0.25, 0.3) is 0 Å². The minimum Gasteiger partial charge on any atom is -0.373 e. The van der Waals surface area contributed by atoms with Crippen LogP contribution in [0.4, 0.5) is 5.69 Å². The van der Waals surface area contributed by atoms with E-state index in [1.165, 1.54) is 30.6 Å². The van der Waals surface area contributed by atoms with Crippen LogP contribution in [0.25, 0.3) is 0 Å².